The van der Waals surface area contributed by atoms with Crippen LogP contribution in [0.3, 0.4) is 0 Å². The smallest absolute Gasteiger partial charge is 1.00 e. The van der Waals surface area contributed by atoms with Crippen LogP contribution < -0.4 is 88.7 Å². The van der Waals surface area contributed by atoms with E-state index in [1.54, 1.807) is 0 Å². The van der Waals surface area contributed by atoms with Crippen molar-refractivity contribution >= 4 is 13.8 Å². The van der Waals surface area contributed by atoms with Crippen LogP contribution >= 0.6 is 7.82 Å². The summed E-state index contributed by atoms with van der Waals surface area (Å²) in [6.07, 6.45) is 0. The van der Waals surface area contributed by atoms with Crippen molar-refractivity contribution < 1.29 is 122 Å². The fourth-order valence-electron chi connectivity index (χ4n) is 0. The standard InChI is InChI=1S/C2H4O2.3Na.H3O4P.3H/c1-2(3)4;;;;1-5(2,3)4;;;/h1H3,(H,3,4);;;;(H3,1,2,3,4);;;/q;3*+1;;3*-1. The quantitative estimate of drug-likeness (QED) is 0.242. The maximum atomic E-state index is 9.00. The van der Waals surface area contributed by atoms with Gasteiger partial charge in [0, 0.05) is 6.92 Å². The van der Waals surface area contributed by atoms with Gasteiger partial charge in [0.25, 0.3) is 5.97 Å². The summed E-state index contributed by atoms with van der Waals surface area (Å²) in [5.41, 5.74) is 0. The first kappa shape index (κ1) is 29.3. The Morgan fingerprint density at radius 3 is 1.17 bits per heavy atom. The van der Waals surface area contributed by atoms with Crippen molar-refractivity contribution in [3.63, 3.8) is 0 Å². The van der Waals surface area contributed by atoms with Gasteiger partial charge in [0.2, 0.25) is 0 Å². The molecule has 0 amide bonds. The van der Waals surface area contributed by atoms with Gasteiger partial charge < -0.3 is 24.1 Å². The molecule has 62 valence electrons. The molecule has 0 atom stereocenters. The molecule has 4 N–H and O–H groups in total. The van der Waals surface area contributed by atoms with Crippen LogP contribution in [0.2, 0.25) is 0 Å². The van der Waals surface area contributed by atoms with E-state index in [9.17, 15) is 0 Å². The molecule has 6 nitrogen and oxygen atoms in total. The molecule has 0 aliphatic heterocycles. The molecule has 10 heteroatoms. The zero-order valence-corrected chi connectivity index (χ0v) is 14.4. The van der Waals surface area contributed by atoms with Gasteiger partial charge in [-0.3, -0.25) is 4.79 Å². The van der Waals surface area contributed by atoms with Gasteiger partial charge in [-0.1, -0.05) is 0 Å². The number of carboxylic acids is 1. The summed E-state index contributed by atoms with van der Waals surface area (Å²) in [6.45, 7) is 1.08. The van der Waals surface area contributed by atoms with Crippen LogP contribution in [-0.2, 0) is 9.36 Å². The van der Waals surface area contributed by atoms with Crippen LogP contribution in [0.25, 0.3) is 0 Å². The third-order valence-electron chi connectivity index (χ3n) is 0. The van der Waals surface area contributed by atoms with E-state index in [-0.39, 0.29) is 93.0 Å². The number of rotatable bonds is 0. The monoisotopic (exact) mass is 230 g/mol. The van der Waals surface area contributed by atoms with Gasteiger partial charge in [0.15, 0.2) is 0 Å². The van der Waals surface area contributed by atoms with E-state index in [1.807, 2.05) is 0 Å². The van der Waals surface area contributed by atoms with Gasteiger partial charge in [-0.2, -0.15) is 0 Å². The van der Waals surface area contributed by atoms with E-state index >= 15 is 0 Å². The summed E-state index contributed by atoms with van der Waals surface area (Å²) >= 11 is 0. The minimum Gasteiger partial charge on any atom is -1.00 e. The number of phosphoric acid groups is 1. The second kappa shape index (κ2) is 16.0. The van der Waals surface area contributed by atoms with E-state index in [1.165, 1.54) is 0 Å². The molecule has 0 radical (unpaired) electrons. The predicted octanol–water partition coefficient (Wildman–Crippen LogP) is -9.49. The maximum absolute atomic E-state index is 9.00. The second-order valence-electron chi connectivity index (χ2n) is 1.03. The summed E-state index contributed by atoms with van der Waals surface area (Å²) in [6, 6.07) is 0. The minimum atomic E-state index is -4.64. The number of carbonyl (C=O) groups is 1. The van der Waals surface area contributed by atoms with E-state index in [0.29, 0.717) is 0 Å². The fourth-order valence-corrected chi connectivity index (χ4v) is 0. The molecule has 0 rings (SSSR count). The second-order valence-corrected chi connectivity index (χ2v) is 2.06. The van der Waals surface area contributed by atoms with Crippen molar-refractivity contribution in [3.05, 3.63) is 0 Å². The Hall–Kier alpha value is 2.58. The molecule has 0 aliphatic rings. The first-order valence-corrected chi connectivity index (χ1v) is 3.28. The molecule has 0 heterocycles. The Balaban J connectivity index is -0.00000000785. The fraction of sp³-hybridized carbons (Fsp3) is 0.500. The van der Waals surface area contributed by atoms with E-state index in [0.717, 1.165) is 6.92 Å². The molecule has 0 unspecified atom stereocenters. The van der Waals surface area contributed by atoms with Gasteiger partial charge in [0.1, 0.15) is 0 Å². The summed E-state index contributed by atoms with van der Waals surface area (Å²) in [5, 5.41) is 7.42. The Labute approximate surface area is 141 Å². The minimum absolute atomic E-state index is 0. The number of hydrogen-bond donors (Lipinski definition) is 4. The predicted molar refractivity (Wildman–Crippen MR) is 30.9 cm³/mol. The number of carboxylic acid groups (broad SMARTS) is 1. The summed E-state index contributed by atoms with van der Waals surface area (Å²) in [7, 11) is -4.64. The van der Waals surface area contributed by atoms with Crippen LogP contribution in [0, 0.1) is 0 Å². The van der Waals surface area contributed by atoms with Gasteiger partial charge in [-0.15, -0.1) is 0 Å². The SMILES string of the molecule is CC(=O)O.O=P(O)(O)O.[H-].[H-].[H-].[Na+].[Na+].[Na+]. The Morgan fingerprint density at radius 1 is 1.17 bits per heavy atom. The van der Waals surface area contributed by atoms with Crippen molar-refractivity contribution in [1.82, 2.24) is 0 Å². The molecule has 0 aliphatic carbocycles. The summed E-state index contributed by atoms with van der Waals surface area (Å²) in [4.78, 5) is 30.6. The third kappa shape index (κ3) is 253. The van der Waals surface area contributed by atoms with Gasteiger partial charge >= 0.3 is 96.5 Å². The summed E-state index contributed by atoms with van der Waals surface area (Å²) in [5.74, 6) is -0.833. The summed E-state index contributed by atoms with van der Waals surface area (Å²) < 4.78 is 8.88. The van der Waals surface area contributed by atoms with Gasteiger partial charge in [0.05, 0.1) is 0 Å². The molecule has 0 spiro atoms. The molecule has 0 aromatic heterocycles. The molecular weight excluding hydrogens is 220 g/mol. The van der Waals surface area contributed by atoms with Gasteiger partial charge in [-0.05, 0) is 0 Å². The maximum Gasteiger partial charge on any atom is 1.00 e. The van der Waals surface area contributed by atoms with Crippen molar-refractivity contribution in [1.29, 1.82) is 0 Å². The van der Waals surface area contributed by atoms with Gasteiger partial charge in [-0.25, -0.2) is 4.57 Å². The molecule has 0 aromatic carbocycles. The zero-order valence-electron chi connectivity index (χ0n) is 10.6. The van der Waals surface area contributed by atoms with Crippen LogP contribution in [0.1, 0.15) is 11.2 Å². The van der Waals surface area contributed by atoms with E-state index in [4.69, 9.17) is 29.1 Å². The van der Waals surface area contributed by atoms with Crippen molar-refractivity contribution in [3.8, 4) is 0 Å². The first-order chi connectivity index (χ1) is 3.73. The zero-order chi connectivity index (χ0) is 8.08. The van der Waals surface area contributed by atoms with E-state index < -0.39 is 13.8 Å². The molecule has 0 aromatic rings. The molecule has 0 fully saturated rings. The molecular formula is C2H10Na3O6P. The molecule has 0 saturated heterocycles. The Kier molecular flexibility index (Phi) is 39.1. The van der Waals surface area contributed by atoms with Crippen LogP contribution in [-0.4, -0.2) is 25.8 Å². The largest absolute Gasteiger partial charge is 1.00 e. The number of hydrogen-bond acceptors (Lipinski definition) is 2. The van der Waals surface area contributed by atoms with Crippen molar-refractivity contribution in [2.24, 2.45) is 0 Å². The van der Waals surface area contributed by atoms with Crippen LogP contribution in [0.4, 0.5) is 0 Å². The Bertz CT molecular complexity index is 131. The molecule has 0 bridgehead atoms. The molecule has 0 saturated carbocycles. The van der Waals surface area contributed by atoms with Crippen LogP contribution in [0.5, 0.6) is 0 Å². The van der Waals surface area contributed by atoms with Crippen LogP contribution in [0.15, 0.2) is 0 Å². The third-order valence-corrected chi connectivity index (χ3v) is 0. The average Bonchev–Trinajstić information content (AvgIpc) is 1.19. The normalized spacial score (nSPS) is 7.00. The number of aliphatic carboxylic acids is 1. The van der Waals surface area contributed by atoms with E-state index in [2.05, 4.69) is 0 Å². The van der Waals surface area contributed by atoms with Crippen molar-refractivity contribution in [2.45, 2.75) is 6.92 Å². The Morgan fingerprint density at radius 2 is 1.17 bits per heavy atom. The first-order valence-electron chi connectivity index (χ1n) is 1.71. The van der Waals surface area contributed by atoms with Crippen molar-refractivity contribution in [2.75, 3.05) is 0 Å². The average molecular weight is 230 g/mol. The topological polar surface area (TPSA) is 115 Å². The molecule has 12 heavy (non-hydrogen) atoms.